The predicted molar refractivity (Wildman–Crippen MR) is 254 cm³/mol. The largest absolute Gasteiger partial charge is 0.0651 e. The Labute approximate surface area is 352 Å². The van der Waals surface area contributed by atoms with E-state index in [9.17, 15) is 0 Å². The molecule has 0 aliphatic carbocycles. The standard InChI is InChI=1S/C55H112/c1-28-31(4)33(6)35(8)37(10)39(12)41(14)42(15)43(16)44(17)45(18)46(19)48(21)50(23)52(25)54(27)55(30-3)53(26)51(24)49(22)47(20)40(13)38(11)36(9)34(7)32(5)29-2/h31-55H,28-30H2,1-27H3. The first-order chi connectivity index (χ1) is 25.2. The van der Waals surface area contributed by atoms with Crippen molar-refractivity contribution < 1.29 is 0 Å². The van der Waals surface area contributed by atoms with Gasteiger partial charge in [-0.15, -0.1) is 0 Å². The smallest absolute Gasteiger partial charge is 0.0360 e. The first-order valence-corrected chi connectivity index (χ1v) is 25.2. The van der Waals surface area contributed by atoms with E-state index in [1.165, 1.54) is 19.3 Å². The van der Waals surface area contributed by atoms with Gasteiger partial charge in [-0.05, 0) is 148 Å². The first kappa shape index (κ1) is 55.0. The molecule has 25 atom stereocenters. The van der Waals surface area contributed by atoms with E-state index in [2.05, 4.69) is 187 Å². The Morgan fingerprint density at radius 3 is 0.418 bits per heavy atom. The van der Waals surface area contributed by atoms with Gasteiger partial charge in [-0.3, -0.25) is 0 Å². The molecule has 0 fully saturated rings. The fraction of sp³-hybridized carbons (Fsp3) is 1.00. The van der Waals surface area contributed by atoms with Gasteiger partial charge in [0, 0.05) is 0 Å². The van der Waals surface area contributed by atoms with Crippen LogP contribution in [0.5, 0.6) is 0 Å². The van der Waals surface area contributed by atoms with Gasteiger partial charge in [0.1, 0.15) is 0 Å². The lowest BCUT2D eigenvalue weighted by Gasteiger charge is -2.45. The summed E-state index contributed by atoms with van der Waals surface area (Å²) < 4.78 is 0. The lowest BCUT2D eigenvalue weighted by atomic mass is 9.60. The van der Waals surface area contributed by atoms with Gasteiger partial charge in [0.05, 0.1) is 0 Å². The summed E-state index contributed by atoms with van der Waals surface area (Å²) in [5.41, 5.74) is 0. The molecule has 0 aromatic carbocycles. The molecule has 0 rings (SSSR count). The van der Waals surface area contributed by atoms with E-state index in [4.69, 9.17) is 0 Å². The van der Waals surface area contributed by atoms with Gasteiger partial charge < -0.3 is 0 Å². The van der Waals surface area contributed by atoms with Crippen molar-refractivity contribution in [1.29, 1.82) is 0 Å². The summed E-state index contributed by atoms with van der Waals surface area (Å²) in [4.78, 5) is 0. The van der Waals surface area contributed by atoms with E-state index in [-0.39, 0.29) is 0 Å². The molecule has 0 bridgehead atoms. The molecule has 0 aromatic heterocycles. The minimum Gasteiger partial charge on any atom is -0.0651 e. The van der Waals surface area contributed by atoms with Crippen LogP contribution in [0.4, 0.5) is 0 Å². The average molecular weight is 774 g/mol. The molecule has 332 valence electrons. The van der Waals surface area contributed by atoms with Crippen LogP contribution in [0.2, 0.25) is 0 Å². The van der Waals surface area contributed by atoms with E-state index in [0.717, 1.165) is 148 Å². The molecule has 0 heterocycles. The Morgan fingerprint density at radius 2 is 0.291 bits per heavy atom. The molecule has 0 amide bonds. The van der Waals surface area contributed by atoms with Gasteiger partial charge in [0.2, 0.25) is 0 Å². The maximum atomic E-state index is 2.64. The van der Waals surface area contributed by atoms with Crippen molar-refractivity contribution >= 4 is 0 Å². The van der Waals surface area contributed by atoms with Crippen LogP contribution in [-0.4, -0.2) is 0 Å². The molecule has 0 radical (unpaired) electrons. The molecule has 0 nitrogen and oxygen atoms in total. The Kier molecular flexibility index (Phi) is 24.9. The molecule has 0 aromatic rings. The number of hydrogen-bond acceptors (Lipinski definition) is 0. The van der Waals surface area contributed by atoms with Crippen molar-refractivity contribution in [3.8, 4) is 0 Å². The summed E-state index contributed by atoms with van der Waals surface area (Å²) in [5.74, 6) is 18.9. The zero-order valence-corrected chi connectivity index (χ0v) is 43.6. The number of hydrogen-bond donors (Lipinski definition) is 0. The summed E-state index contributed by atoms with van der Waals surface area (Å²) in [6.07, 6.45) is 3.90. The molecular weight excluding hydrogens is 661 g/mol. The lowest BCUT2D eigenvalue weighted by molar-refractivity contribution is 0.0361. The lowest BCUT2D eigenvalue weighted by Crippen LogP contribution is -2.39. The summed E-state index contributed by atoms with van der Waals surface area (Å²) >= 11 is 0. The highest BCUT2D eigenvalue weighted by molar-refractivity contribution is 4.89. The van der Waals surface area contributed by atoms with E-state index < -0.39 is 0 Å². The van der Waals surface area contributed by atoms with E-state index >= 15 is 0 Å². The van der Waals surface area contributed by atoms with Gasteiger partial charge >= 0.3 is 0 Å². The zero-order chi connectivity index (χ0) is 43.6. The topological polar surface area (TPSA) is 0 Å². The summed E-state index contributed by atoms with van der Waals surface area (Å²) in [5, 5.41) is 0. The highest BCUT2D eigenvalue weighted by atomic mass is 14.5. The van der Waals surface area contributed by atoms with Crippen molar-refractivity contribution in [2.75, 3.05) is 0 Å². The maximum absolute atomic E-state index is 2.64. The SMILES string of the molecule is CCC(C)C(C)C(C)C(C)C(C)C(C)C(C)C(C)C(C)C(C)C(C)C(C)C(C)C(C)C(C)C(CC)C(C)C(C)C(C)C(C)C(C)C(C)C(C)C(C)C(C)CC. The predicted octanol–water partition coefficient (Wildman–Crippen LogP) is 18.1. The first-order valence-electron chi connectivity index (χ1n) is 25.2. The normalized spacial score (nSPS) is 26.7. The van der Waals surface area contributed by atoms with E-state index in [1.54, 1.807) is 0 Å². The summed E-state index contributed by atoms with van der Waals surface area (Å²) in [7, 11) is 0. The summed E-state index contributed by atoms with van der Waals surface area (Å²) in [6, 6.07) is 0. The quantitative estimate of drug-likeness (QED) is 0.0780. The van der Waals surface area contributed by atoms with Gasteiger partial charge in [-0.25, -0.2) is 0 Å². The van der Waals surface area contributed by atoms with Gasteiger partial charge in [-0.1, -0.05) is 206 Å². The van der Waals surface area contributed by atoms with Crippen LogP contribution >= 0.6 is 0 Å². The Balaban J connectivity index is 5.73. The van der Waals surface area contributed by atoms with Crippen LogP contribution in [-0.2, 0) is 0 Å². The molecule has 0 aliphatic heterocycles. The second kappa shape index (κ2) is 24.9. The molecule has 0 aliphatic rings. The van der Waals surface area contributed by atoms with Crippen LogP contribution in [0.25, 0.3) is 0 Å². The summed E-state index contributed by atoms with van der Waals surface area (Å²) in [6.45, 7) is 69.1. The highest BCUT2D eigenvalue weighted by Gasteiger charge is 2.40. The maximum Gasteiger partial charge on any atom is -0.0360 e. The molecule has 55 heavy (non-hydrogen) atoms. The van der Waals surface area contributed by atoms with Gasteiger partial charge in [0.15, 0.2) is 0 Å². The highest BCUT2D eigenvalue weighted by Crippen LogP contribution is 2.47. The third-order valence-electron chi connectivity index (χ3n) is 21.5. The molecule has 0 saturated carbocycles. The van der Waals surface area contributed by atoms with Crippen LogP contribution in [0.1, 0.15) is 206 Å². The Hall–Kier alpha value is 0. The van der Waals surface area contributed by atoms with Gasteiger partial charge in [-0.2, -0.15) is 0 Å². The Morgan fingerprint density at radius 1 is 0.164 bits per heavy atom. The molecule has 0 N–H and O–H groups in total. The second-order valence-corrected chi connectivity index (χ2v) is 22.7. The molecular formula is C55H112. The van der Waals surface area contributed by atoms with Crippen molar-refractivity contribution in [2.24, 2.45) is 148 Å². The second-order valence-electron chi connectivity index (χ2n) is 22.7. The van der Waals surface area contributed by atoms with Crippen LogP contribution in [0, 0.1) is 148 Å². The monoisotopic (exact) mass is 773 g/mol. The van der Waals surface area contributed by atoms with Crippen molar-refractivity contribution in [2.45, 2.75) is 206 Å². The molecule has 0 saturated heterocycles. The minimum absolute atomic E-state index is 0.725. The average Bonchev–Trinajstić information content (AvgIpc) is 3.19. The van der Waals surface area contributed by atoms with Crippen LogP contribution in [0.15, 0.2) is 0 Å². The Bertz CT molecular complexity index is 981. The molecule has 0 spiro atoms. The third-order valence-corrected chi connectivity index (χ3v) is 21.5. The minimum atomic E-state index is 0.725. The molecule has 25 unspecified atom stereocenters. The fourth-order valence-electron chi connectivity index (χ4n) is 12.4. The van der Waals surface area contributed by atoms with Crippen molar-refractivity contribution in [3.63, 3.8) is 0 Å². The van der Waals surface area contributed by atoms with E-state index in [1.807, 2.05) is 0 Å². The zero-order valence-electron chi connectivity index (χ0n) is 43.6. The number of rotatable bonds is 27. The van der Waals surface area contributed by atoms with Crippen molar-refractivity contribution in [3.05, 3.63) is 0 Å². The van der Waals surface area contributed by atoms with Crippen molar-refractivity contribution in [1.82, 2.24) is 0 Å². The van der Waals surface area contributed by atoms with Crippen LogP contribution < -0.4 is 0 Å². The third kappa shape index (κ3) is 14.0. The fourth-order valence-corrected chi connectivity index (χ4v) is 12.4. The van der Waals surface area contributed by atoms with E-state index in [0.29, 0.717) is 0 Å². The van der Waals surface area contributed by atoms with Gasteiger partial charge in [0.25, 0.3) is 0 Å². The molecule has 0 heteroatoms. The van der Waals surface area contributed by atoms with Crippen LogP contribution in [0.3, 0.4) is 0 Å².